The molecule has 1 aromatic carbocycles. The second-order valence-corrected chi connectivity index (χ2v) is 23.1. The van der Waals surface area contributed by atoms with E-state index in [4.69, 9.17) is 23.4 Å². The van der Waals surface area contributed by atoms with Gasteiger partial charge in [0.05, 0.1) is 27.4 Å². The van der Waals surface area contributed by atoms with Gasteiger partial charge >= 0.3 is 0 Å². The predicted octanol–water partition coefficient (Wildman–Crippen LogP) is 8.68. The van der Waals surface area contributed by atoms with Crippen molar-refractivity contribution in [2.45, 2.75) is 118 Å². The molecular weight excluding hydrogens is 659 g/mol. The van der Waals surface area contributed by atoms with Crippen LogP contribution in [0.1, 0.15) is 93.1 Å². The van der Waals surface area contributed by atoms with Crippen LogP contribution in [0, 0.1) is 46.8 Å². The number of fused-ring (bicyclic) bond motifs is 2. The van der Waals surface area contributed by atoms with Crippen LogP contribution in [0.5, 0.6) is 11.5 Å². The normalized spacial score (nSPS) is 33.9. The predicted molar refractivity (Wildman–Crippen MR) is 204 cm³/mol. The van der Waals surface area contributed by atoms with Crippen LogP contribution in [-0.4, -0.2) is 71.2 Å². The fourth-order valence-electron chi connectivity index (χ4n) is 10.0. The lowest BCUT2D eigenvalue weighted by molar-refractivity contribution is -0.165. The summed E-state index contributed by atoms with van der Waals surface area (Å²) in [6.45, 7) is 25.2. The summed E-state index contributed by atoms with van der Waals surface area (Å²) < 4.78 is 30.6. The molecular formula is C42H67NO7Si. The fraction of sp³-hybridized carbons (Fsp3) is 0.762. The van der Waals surface area contributed by atoms with Crippen LogP contribution in [-0.2, 0) is 30.1 Å². The highest BCUT2D eigenvalue weighted by Gasteiger charge is 2.63. The molecule has 1 amide bonds. The Balaban J connectivity index is 1.34. The number of nitrogens with zero attached hydrogens (tertiary/aromatic N) is 1. The summed E-state index contributed by atoms with van der Waals surface area (Å²) in [5, 5.41) is 0.0662. The smallest absolute Gasteiger partial charge is 0.235 e. The molecule has 3 fully saturated rings. The number of hydrogen-bond acceptors (Lipinski definition) is 7. The van der Waals surface area contributed by atoms with Crippen LogP contribution in [0.3, 0.4) is 0 Å². The lowest BCUT2D eigenvalue weighted by Gasteiger charge is -2.54. The van der Waals surface area contributed by atoms with Gasteiger partial charge < -0.3 is 28.3 Å². The number of ether oxygens (including phenoxy) is 4. The quantitative estimate of drug-likeness (QED) is 0.0822. The number of carbonyl (C=O) groups is 2. The van der Waals surface area contributed by atoms with Gasteiger partial charge in [-0.05, 0) is 97.5 Å². The van der Waals surface area contributed by atoms with E-state index < -0.39 is 20.0 Å². The van der Waals surface area contributed by atoms with Gasteiger partial charge in [-0.2, -0.15) is 0 Å². The summed E-state index contributed by atoms with van der Waals surface area (Å²) in [6.07, 6.45) is 6.57. The minimum atomic E-state index is -2.06. The monoisotopic (exact) mass is 725 g/mol. The number of benzene rings is 1. The number of methoxy groups -OCH3 is 2. The topological polar surface area (TPSA) is 83.5 Å². The van der Waals surface area contributed by atoms with Gasteiger partial charge in [0.25, 0.3) is 0 Å². The summed E-state index contributed by atoms with van der Waals surface area (Å²) in [5.74, 6) is 2.08. The molecule has 0 N–H and O–H groups in total. The third-order valence-corrected chi connectivity index (χ3v) is 18.1. The zero-order valence-electron chi connectivity index (χ0n) is 33.7. The van der Waals surface area contributed by atoms with Crippen molar-refractivity contribution in [2.75, 3.05) is 40.6 Å². The van der Waals surface area contributed by atoms with Crippen LogP contribution in [0.2, 0.25) is 18.1 Å². The molecule has 2 aliphatic heterocycles. The lowest BCUT2D eigenvalue weighted by atomic mass is 9.50. The maximum atomic E-state index is 15.0. The van der Waals surface area contributed by atoms with Gasteiger partial charge in [-0.3, -0.25) is 9.59 Å². The van der Waals surface area contributed by atoms with E-state index in [-0.39, 0.29) is 45.8 Å². The Labute approximate surface area is 309 Å². The van der Waals surface area contributed by atoms with Crippen LogP contribution in [0.15, 0.2) is 29.8 Å². The van der Waals surface area contributed by atoms with Gasteiger partial charge in [0.15, 0.2) is 8.32 Å². The molecule has 2 aliphatic carbocycles. The van der Waals surface area contributed by atoms with Gasteiger partial charge in [0.2, 0.25) is 5.91 Å². The van der Waals surface area contributed by atoms with E-state index in [1.165, 1.54) is 5.57 Å². The van der Waals surface area contributed by atoms with Crippen molar-refractivity contribution in [1.82, 2.24) is 4.90 Å². The largest absolute Gasteiger partial charge is 0.497 e. The first-order valence-corrected chi connectivity index (χ1v) is 22.4. The molecule has 9 atom stereocenters. The van der Waals surface area contributed by atoms with Gasteiger partial charge in [-0.15, -0.1) is 0 Å². The van der Waals surface area contributed by atoms with E-state index in [1.807, 2.05) is 23.1 Å². The molecule has 9 heteroatoms. The third-order valence-electron chi connectivity index (χ3n) is 13.6. The number of hydrogen-bond donors (Lipinski definition) is 0. The summed E-state index contributed by atoms with van der Waals surface area (Å²) in [6, 6.07) is 5.74. The molecule has 5 rings (SSSR count). The number of allylic oxidation sites excluding steroid dienone is 2. The maximum Gasteiger partial charge on any atom is 0.235 e. The van der Waals surface area contributed by atoms with Crippen LogP contribution >= 0.6 is 0 Å². The lowest BCUT2D eigenvalue weighted by Crippen LogP contribution is -2.51. The van der Waals surface area contributed by atoms with Crippen molar-refractivity contribution in [3.63, 3.8) is 0 Å². The van der Waals surface area contributed by atoms with E-state index in [0.29, 0.717) is 57.6 Å². The van der Waals surface area contributed by atoms with Crippen LogP contribution in [0.4, 0.5) is 0 Å². The Bertz CT molecular complexity index is 1430. The number of rotatable bonds is 14. The SMILES string of the molecule is COc1cc(COCCCO[C@]23CC(C(=O)[C@@H]4[C@H]5[C@H](C)C[C@H](C)C[C@@]5(C)C=C(C)[C@H]4C)C(=O)N2CC[C@H]3CO[Si](C)(C)C(C)(C)C)cc(OC)c1. The summed E-state index contributed by atoms with van der Waals surface area (Å²) >= 11 is 0. The van der Waals surface area contributed by atoms with Crippen molar-refractivity contribution in [3.05, 3.63) is 35.4 Å². The Morgan fingerprint density at radius 3 is 2.31 bits per heavy atom. The van der Waals surface area contributed by atoms with Crippen molar-refractivity contribution >= 4 is 20.0 Å². The molecule has 1 saturated carbocycles. The Kier molecular flexibility index (Phi) is 12.0. The van der Waals surface area contributed by atoms with E-state index in [2.05, 4.69) is 74.6 Å². The highest BCUT2D eigenvalue weighted by atomic mass is 28.4. The molecule has 4 aliphatic rings. The summed E-state index contributed by atoms with van der Waals surface area (Å²) in [7, 11) is 1.22. The Morgan fingerprint density at radius 2 is 1.69 bits per heavy atom. The molecule has 0 aromatic heterocycles. The van der Waals surface area contributed by atoms with Crippen molar-refractivity contribution in [1.29, 1.82) is 0 Å². The number of Topliss-reactive ketones (excluding diaryl/α,β-unsaturated/α-hetero) is 1. The molecule has 1 unspecified atom stereocenters. The standard InChI is InChI=1S/C42H67NO7Si/c1-27-18-28(2)37-36(30(4)29(3)23-41(37,8)22-27)38(44)35-24-42(32(14-15-43(42)39(35)45)26-50-51(11,12)40(5,6)7)49-17-13-16-48-25-31-19-33(46-9)21-34(20-31)47-10/h19-21,23,27-28,30,32,35-37H,13-18,22,24-26H2,1-12H3/t27-,28+,30+,32-,35?,36-,37+,41-,42-/m0/s1. The van der Waals surface area contributed by atoms with E-state index >= 15 is 0 Å². The van der Waals surface area contributed by atoms with E-state index in [0.717, 1.165) is 36.3 Å². The first-order valence-electron chi connectivity index (χ1n) is 19.5. The minimum Gasteiger partial charge on any atom is -0.497 e. The van der Waals surface area contributed by atoms with E-state index in [9.17, 15) is 9.59 Å². The zero-order chi connectivity index (χ0) is 37.5. The second kappa shape index (κ2) is 15.3. The van der Waals surface area contributed by atoms with Gasteiger partial charge in [0.1, 0.15) is 28.9 Å². The first kappa shape index (κ1) is 40.0. The highest BCUT2D eigenvalue weighted by molar-refractivity contribution is 6.74. The number of carbonyl (C=O) groups excluding carboxylic acids is 2. The molecule has 2 saturated heterocycles. The molecule has 51 heavy (non-hydrogen) atoms. The highest BCUT2D eigenvalue weighted by Crippen LogP contribution is 2.58. The van der Waals surface area contributed by atoms with Crippen LogP contribution < -0.4 is 9.47 Å². The second-order valence-electron chi connectivity index (χ2n) is 18.3. The molecule has 1 aromatic rings. The molecule has 286 valence electrons. The minimum absolute atomic E-state index is 0.00340. The number of amides is 1. The van der Waals surface area contributed by atoms with E-state index in [1.54, 1.807) is 14.2 Å². The van der Waals surface area contributed by atoms with Gasteiger partial charge in [-0.1, -0.05) is 60.1 Å². The van der Waals surface area contributed by atoms with Gasteiger partial charge in [-0.25, -0.2) is 0 Å². The van der Waals surface area contributed by atoms with Crippen molar-refractivity contribution in [3.8, 4) is 11.5 Å². The van der Waals surface area contributed by atoms with Crippen molar-refractivity contribution < 1.29 is 33.0 Å². The average Bonchev–Trinajstić information content (AvgIpc) is 3.54. The van der Waals surface area contributed by atoms with Crippen molar-refractivity contribution in [2.24, 2.45) is 46.8 Å². The zero-order valence-corrected chi connectivity index (χ0v) is 34.7. The Morgan fingerprint density at radius 1 is 1.02 bits per heavy atom. The molecule has 2 heterocycles. The maximum absolute atomic E-state index is 15.0. The van der Waals surface area contributed by atoms with Crippen LogP contribution in [0.25, 0.3) is 0 Å². The summed E-state index contributed by atoms with van der Waals surface area (Å²) in [4.78, 5) is 31.4. The molecule has 0 radical (unpaired) electrons. The fourth-order valence-corrected chi connectivity index (χ4v) is 11.1. The molecule has 8 nitrogen and oxygen atoms in total. The molecule has 0 bridgehead atoms. The Hall–Kier alpha value is -2.20. The third kappa shape index (κ3) is 7.88. The number of ketones is 1. The molecule has 0 spiro atoms. The first-order chi connectivity index (χ1) is 23.9. The average molecular weight is 726 g/mol. The summed E-state index contributed by atoms with van der Waals surface area (Å²) in [5.41, 5.74) is 1.38. The van der Waals surface area contributed by atoms with Gasteiger partial charge in [0, 0.05) is 44.1 Å².